The summed E-state index contributed by atoms with van der Waals surface area (Å²) in [4.78, 5) is -1.75. The fourth-order valence-electron chi connectivity index (χ4n) is 4.44. The molecule has 8 nitrogen and oxygen atoms in total. The summed E-state index contributed by atoms with van der Waals surface area (Å²) in [6.45, 7) is -0.316. The van der Waals surface area contributed by atoms with Crippen molar-refractivity contribution in [3.05, 3.63) is 53.8 Å². The second kappa shape index (κ2) is 9.59. The largest absolute Gasteiger partial charge is 0.416 e. The summed E-state index contributed by atoms with van der Waals surface area (Å²) in [5.74, 6) is -0.919. The molecule has 0 amide bonds. The minimum atomic E-state index is -4.72. The highest BCUT2D eigenvalue weighted by molar-refractivity contribution is 7.93. The maximum atomic E-state index is 13.7. The zero-order chi connectivity index (χ0) is 27.4. The lowest BCUT2D eigenvalue weighted by Gasteiger charge is -2.37. The fraction of sp³-hybridized carbons (Fsp3) is 0.455. The van der Waals surface area contributed by atoms with Gasteiger partial charge in [0.25, 0.3) is 0 Å². The first-order chi connectivity index (χ1) is 17.0. The lowest BCUT2D eigenvalue weighted by Crippen LogP contribution is -2.49. The maximum absolute atomic E-state index is 13.7. The number of halogens is 4. The van der Waals surface area contributed by atoms with Crippen LogP contribution < -0.4 is 0 Å². The summed E-state index contributed by atoms with van der Waals surface area (Å²) in [6.07, 6.45) is -2.80. The molecule has 0 radical (unpaired) electrons. The van der Waals surface area contributed by atoms with Gasteiger partial charge in [-0.1, -0.05) is 6.07 Å². The van der Waals surface area contributed by atoms with Crippen LogP contribution >= 0.6 is 0 Å². The van der Waals surface area contributed by atoms with Gasteiger partial charge in [-0.05, 0) is 62.1 Å². The molecule has 2 aliphatic rings. The van der Waals surface area contributed by atoms with Gasteiger partial charge in [-0.2, -0.15) is 21.8 Å². The van der Waals surface area contributed by atoms with Crippen LogP contribution in [0.25, 0.3) is 0 Å². The lowest BCUT2D eigenvalue weighted by molar-refractivity contribution is -0.137. The predicted octanol–water partition coefficient (Wildman–Crippen LogP) is 3.25. The van der Waals surface area contributed by atoms with E-state index in [4.69, 9.17) is 0 Å². The van der Waals surface area contributed by atoms with Gasteiger partial charge in [0.15, 0.2) is 9.84 Å². The highest BCUT2D eigenvalue weighted by Crippen LogP contribution is 2.39. The normalized spacial score (nSPS) is 18.9. The molecule has 1 heterocycles. The molecule has 0 aromatic heterocycles. The second-order valence-corrected chi connectivity index (χ2v) is 14.8. The average molecular weight is 585 g/mol. The van der Waals surface area contributed by atoms with Crippen LogP contribution in [0.15, 0.2) is 57.2 Å². The minimum Gasteiger partial charge on any atom is -0.224 e. The Kier molecular flexibility index (Phi) is 7.25. The number of rotatable bonds is 7. The Labute approximate surface area is 212 Å². The number of nitrogens with zero attached hydrogens (tertiary/aromatic N) is 2. The van der Waals surface area contributed by atoms with E-state index in [9.17, 15) is 42.8 Å². The third-order valence-electron chi connectivity index (χ3n) is 6.35. The van der Waals surface area contributed by atoms with Crippen molar-refractivity contribution in [2.24, 2.45) is 0 Å². The van der Waals surface area contributed by atoms with Crippen LogP contribution in [-0.2, 0) is 36.1 Å². The van der Waals surface area contributed by atoms with Crippen molar-refractivity contribution < 1.29 is 42.8 Å². The monoisotopic (exact) mass is 584 g/mol. The Balaban J connectivity index is 1.59. The summed E-state index contributed by atoms with van der Waals surface area (Å²) in [6, 6.07) is 4.77. The highest BCUT2D eigenvalue weighted by Gasteiger charge is 2.45. The van der Waals surface area contributed by atoms with Crippen molar-refractivity contribution in [3.63, 3.8) is 0 Å². The zero-order valence-electron chi connectivity index (χ0n) is 19.5. The Bertz CT molecular complexity index is 1510. The Hall–Kier alpha value is -2.07. The summed E-state index contributed by atoms with van der Waals surface area (Å²) in [5.41, 5.74) is -1.09. The number of benzene rings is 2. The standard InChI is InChI=1S/C22H24F4N2O6S3/c1-35(29,30)21-14-16(23)5-8-20(21)37(33,34)27-11-9-18(10-12-27)28(17-6-7-17)36(31,32)19-4-2-3-15(13-19)22(24,25)26/h2-5,8,13-14,17-18H,6-7,9-12H2,1H3. The van der Waals surface area contributed by atoms with E-state index in [1.165, 1.54) is 4.31 Å². The molecular weight excluding hydrogens is 560 g/mol. The lowest BCUT2D eigenvalue weighted by atomic mass is 10.1. The Morgan fingerprint density at radius 2 is 1.43 bits per heavy atom. The Morgan fingerprint density at radius 1 is 0.838 bits per heavy atom. The smallest absolute Gasteiger partial charge is 0.224 e. The van der Waals surface area contributed by atoms with E-state index in [1.54, 1.807) is 0 Å². The molecular formula is C22H24F4N2O6S3. The van der Waals surface area contributed by atoms with Gasteiger partial charge in [-0.15, -0.1) is 0 Å². The molecule has 15 heteroatoms. The molecule has 0 atom stereocenters. The molecule has 1 saturated heterocycles. The van der Waals surface area contributed by atoms with Gasteiger partial charge in [0.1, 0.15) is 10.7 Å². The van der Waals surface area contributed by atoms with Gasteiger partial charge in [0.2, 0.25) is 20.0 Å². The number of sulfone groups is 1. The van der Waals surface area contributed by atoms with Gasteiger partial charge in [0.05, 0.1) is 15.4 Å². The van der Waals surface area contributed by atoms with Crippen LogP contribution in [0.5, 0.6) is 0 Å². The fourth-order valence-corrected chi connectivity index (χ4v) is 9.46. The number of hydrogen-bond donors (Lipinski definition) is 0. The van der Waals surface area contributed by atoms with E-state index in [1.807, 2.05) is 0 Å². The topological polar surface area (TPSA) is 109 Å². The summed E-state index contributed by atoms with van der Waals surface area (Å²) in [7, 11) is -12.8. The molecule has 0 spiro atoms. The van der Waals surface area contributed by atoms with Crippen molar-refractivity contribution >= 4 is 29.9 Å². The average Bonchev–Trinajstić information content (AvgIpc) is 3.63. The van der Waals surface area contributed by atoms with Gasteiger partial charge in [-0.3, -0.25) is 0 Å². The molecule has 1 saturated carbocycles. The van der Waals surface area contributed by atoms with Crippen molar-refractivity contribution in [2.45, 2.75) is 58.6 Å². The van der Waals surface area contributed by atoms with E-state index in [2.05, 4.69) is 0 Å². The van der Waals surface area contributed by atoms with Crippen molar-refractivity contribution in [1.82, 2.24) is 8.61 Å². The molecule has 0 N–H and O–H groups in total. The molecule has 1 aliphatic carbocycles. The molecule has 2 aromatic carbocycles. The third kappa shape index (κ3) is 5.70. The van der Waals surface area contributed by atoms with Gasteiger partial charge in [0, 0.05) is 31.4 Å². The van der Waals surface area contributed by atoms with Crippen LogP contribution in [-0.4, -0.2) is 65.3 Å². The first-order valence-corrected chi connectivity index (χ1v) is 16.0. The third-order valence-corrected chi connectivity index (χ3v) is 11.6. The molecule has 204 valence electrons. The maximum Gasteiger partial charge on any atom is 0.416 e. The van der Waals surface area contributed by atoms with Crippen LogP contribution in [0.2, 0.25) is 0 Å². The van der Waals surface area contributed by atoms with Crippen LogP contribution in [0.4, 0.5) is 17.6 Å². The van der Waals surface area contributed by atoms with Gasteiger partial charge >= 0.3 is 6.18 Å². The van der Waals surface area contributed by atoms with Crippen LogP contribution in [0.3, 0.4) is 0 Å². The second-order valence-electron chi connectivity index (χ2n) is 9.09. The predicted molar refractivity (Wildman–Crippen MR) is 125 cm³/mol. The van der Waals surface area contributed by atoms with E-state index in [-0.39, 0.29) is 25.9 Å². The quantitative estimate of drug-likeness (QED) is 0.463. The molecule has 0 bridgehead atoms. The number of alkyl halides is 3. The molecule has 4 rings (SSSR count). The highest BCUT2D eigenvalue weighted by atomic mass is 32.2. The van der Waals surface area contributed by atoms with Gasteiger partial charge < -0.3 is 0 Å². The molecule has 2 aromatic rings. The SMILES string of the molecule is CS(=O)(=O)c1cc(F)ccc1S(=O)(=O)N1CCC(N(C2CC2)S(=O)(=O)c2cccc(C(F)(F)F)c2)CC1. The molecule has 37 heavy (non-hydrogen) atoms. The summed E-state index contributed by atoms with van der Waals surface area (Å²) in [5, 5.41) is 0. The van der Waals surface area contributed by atoms with E-state index in [0.717, 1.165) is 40.9 Å². The number of sulfonamides is 2. The van der Waals surface area contributed by atoms with Crippen molar-refractivity contribution in [2.75, 3.05) is 19.3 Å². The Morgan fingerprint density at radius 3 is 1.97 bits per heavy atom. The van der Waals surface area contributed by atoms with E-state index >= 15 is 0 Å². The van der Waals surface area contributed by atoms with Crippen LogP contribution in [0, 0.1) is 5.82 Å². The zero-order valence-corrected chi connectivity index (χ0v) is 22.0. The van der Waals surface area contributed by atoms with Crippen molar-refractivity contribution in [3.8, 4) is 0 Å². The van der Waals surface area contributed by atoms with E-state index < -0.39 is 74.2 Å². The number of hydrogen-bond acceptors (Lipinski definition) is 6. The molecule has 1 aliphatic heterocycles. The van der Waals surface area contributed by atoms with Crippen LogP contribution in [0.1, 0.15) is 31.2 Å². The van der Waals surface area contributed by atoms with E-state index in [0.29, 0.717) is 25.0 Å². The summed E-state index contributed by atoms with van der Waals surface area (Å²) < 4.78 is 133. The molecule has 0 unspecified atom stereocenters. The van der Waals surface area contributed by atoms with Gasteiger partial charge in [-0.25, -0.2) is 29.6 Å². The molecule has 2 fully saturated rings. The minimum absolute atomic E-state index is 0.0450. The number of piperidine rings is 1. The van der Waals surface area contributed by atoms with Crippen molar-refractivity contribution in [1.29, 1.82) is 0 Å². The first kappa shape index (κ1) is 28.0. The first-order valence-electron chi connectivity index (χ1n) is 11.2. The summed E-state index contributed by atoms with van der Waals surface area (Å²) >= 11 is 0.